The molecular weight excluding hydrogens is 248 g/mol. The van der Waals surface area contributed by atoms with Gasteiger partial charge in [-0.25, -0.2) is 5.01 Å². The SMILES string of the molecule is CC(=O)NN1C[NH+](Cc2ccccc2)CNC1=S. The lowest BCUT2D eigenvalue weighted by Crippen LogP contribution is -3.16. The number of hydrogen-bond acceptors (Lipinski definition) is 2. The van der Waals surface area contributed by atoms with Gasteiger partial charge in [-0.2, -0.15) is 0 Å². The molecule has 1 amide bonds. The van der Waals surface area contributed by atoms with Crippen LogP contribution in [-0.4, -0.2) is 29.4 Å². The fourth-order valence-electron chi connectivity index (χ4n) is 1.93. The number of amides is 1. The van der Waals surface area contributed by atoms with Gasteiger partial charge in [0.1, 0.15) is 6.54 Å². The van der Waals surface area contributed by atoms with Gasteiger partial charge in [0, 0.05) is 12.5 Å². The second kappa shape index (κ2) is 5.79. The van der Waals surface area contributed by atoms with E-state index in [4.69, 9.17) is 12.2 Å². The highest BCUT2D eigenvalue weighted by Crippen LogP contribution is 1.96. The molecule has 96 valence electrons. The lowest BCUT2D eigenvalue weighted by atomic mass is 10.2. The Kier molecular flexibility index (Phi) is 4.11. The molecule has 2 rings (SSSR count). The molecule has 1 aromatic carbocycles. The Morgan fingerprint density at radius 1 is 1.50 bits per heavy atom. The smallest absolute Gasteiger partial charge is 0.235 e. The third-order valence-electron chi connectivity index (χ3n) is 2.71. The normalized spacial score (nSPS) is 19.3. The average molecular weight is 265 g/mol. The van der Waals surface area contributed by atoms with Crippen molar-refractivity contribution in [2.75, 3.05) is 13.3 Å². The molecule has 0 radical (unpaired) electrons. The summed E-state index contributed by atoms with van der Waals surface area (Å²) in [5.41, 5.74) is 3.99. The second-order valence-corrected chi connectivity index (χ2v) is 4.71. The zero-order valence-corrected chi connectivity index (χ0v) is 11.1. The number of hydrazine groups is 1. The summed E-state index contributed by atoms with van der Waals surface area (Å²) in [5.74, 6) is -0.111. The molecule has 0 spiro atoms. The molecule has 1 saturated heterocycles. The minimum atomic E-state index is -0.111. The number of benzene rings is 1. The summed E-state index contributed by atoms with van der Waals surface area (Å²) >= 11 is 5.15. The third kappa shape index (κ3) is 3.41. The maximum atomic E-state index is 11.1. The maximum Gasteiger partial charge on any atom is 0.235 e. The monoisotopic (exact) mass is 265 g/mol. The first kappa shape index (κ1) is 12.8. The van der Waals surface area contributed by atoms with Crippen molar-refractivity contribution in [3.63, 3.8) is 0 Å². The van der Waals surface area contributed by atoms with Crippen molar-refractivity contribution < 1.29 is 9.69 Å². The van der Waals surface area contributed by atoms with Crippen molar-refractivity contribution in [1.82, 2.24) is 15.8 Å². The van der Waals surface area contributed by atoms with Crippen molar-refractivity contribution in [2.24, 2.45) is 0 Å². The zero-order valence-electron chi connectivity index (χ0n) is 10.3. The highest BCUT2D eigenvalue weighted by Gasteiger charge is 2.24. The molecule has 1 fully saturated rings. The topological polar surface area (TPSA) is 48.8 Å². The largest absolute Gasteiger partial charge is 0.314 e. The molecule has 5 nitrogen and oxygen atoms in total. The highest BCUT2D eigenvalue weighted by atomic mass is 32.1. The van der Waals surface area contributed by atoms with E-state index in [-0.39, 0.29) is 5.91 Å². The number of quaternary nitrogens is 1. The van der Waals surface area contributed by atoms with E-state index in [1.54, 1.807) is 5.01 Å². The van der Waals surface area contributed by atoms with Crippen LogP contribution in [0.1, 0.15) is 12.5 Å². The third-order valence-corrected chi connectivity index (χ3v) is 3.07. The average Bonchev–Trinajstić information content (AvgIpc) is 2.34. The molecule has 1 aromatic rings. The summed E-state index contributed by atoms with van der Waals surface area (Å²) in [6, 6.07) is 10.3. The van der Waals surface area contributed by atoms with E-state index in [2.05, 4.69) is 22.9 Å². The Bertz CT molecular complexity index is 437. The summed E-state index contributed by atoms with van der Waals surface area (Å²) in [6.07, 6.45) is 0. The maximum absolute atomic E-state index is 11.1. The van der Waals surface area contributed by atoms with Crippen LogP contribution in [0.15, 0.2) is 30.3 Å². The van der Waals surface area contributed by atoms with Gasteiger partial charge in [0.25, 0.3) is 0 Å². The Morgan fingerprint density at radius 3 is 2.89 bits per heavy atom. The van der Waals surface area contributed by atoms with Gasteiger partial charge in [0.15, 0.2) is 18.4 Å². The lowest BCUT2D eigenvalue weighted by Gasteiger charge is -2.34. The van der Waals surface area contributed by atoms with Crippen LogP contribution in [0.3, 0.4) is 0 Å². The van der Waals surface area contributed by atoms with E-state index in [1.165, 1.54) is 17.4 Å². The van der Waals surface area contributed by atoms with E-state index in [1.807, 2.05) is 18.2 Å². The standard InChI is InChI=1S/C12H16N4OS/c1-10(17)14-16-9-15(8-13-12(16)18)7-11-5-3-2-4-6-11/h2-6H,7-9H2,1H3,(H,13,18)(H,14,17)/p+1. The van der Waals surface area contributed by atoms with Gasteiger partial charge in [-0.15, -0.1) is 0 Å². The first-order valence-electron chi connectivity index (χ1n) is 5.85. The molecule has 0 aliphatic carbocycles. The van der Waals surface area contributed by atoms with E-state index in [9.17, 15) is 4.79 Å². The van der Waals surface area contributed by atoms with Crippen LogP contribution in [0.25, 0.3) is 0 Å². The Hall–Kier alpha value is -1.66. The summed E-state index contributed by atoms with van der Waals surface area (Å²) < 4.78 is 0. The van der Waals surface area contributed by atoms with Gasteiger partial charge in [0.2, 0.25) is 5.91 Å². The van der Waals surface area contributed by atoms with Crippen molar-refractivity contribution in [3.8, 4) is 0 Å². The van der Waals surface area contributed by atoms with Gasteiger partial charge in [-0.1, -0.05) is 30.3 Å². The van der Waals surface area contributed by atoms with Crippen molar-refractivity contribution in [3.05, 3.63) is 35.9 Å². The first-order valence-corrected chi connectivity index (χ1v) is 6.26. The molecule has 0 aromatic heterocycles. The van der Waals surface area contributed by atoms with Crippen LogP contribution < -0.4 is 15.6 Å². The minimum absolute atomic E-state index is 0.111. The van der Waals surface area contributed by atoms with Crippen LogP contribution in [0.5, 0.6) is 0 Å². The van der Waals surface area contributed by atoms with Crippen molar-refractivity contribution in [2.45, 2.75) is 13.5 Å². The molecule has 0 bridgehead atoms. The van der Waals surface area contributed by atoms with E-state index in [0.717, 1.165) is 13.2 Å². The van der Waals surface area contributed by atoms with Gasteiger partial charge in [-0.3, -0.25) is 15.1 Å². The van der Waals surface area contributed by atoms with Crippen molar-refractivity contribution >= 4 is 23.2 Å². The summed E-state index contributed by atoms with van der Waals surface area (Å²) in [5, 5.41) is 5.36. The molecule has 1 aliphatic heterocycles. The number of rotatable bonds is 3. The molecule has 1 heterocycles. The van der Waals surface area contributed by atoms with E-state index in [0.29, 0.717) is 11.8 Å². The Morgan fingerprint density at radius 2 is 2.22 bits per heavy atom. The molecule has 1 aliphatic rings. The molecule has 18 heavy (non-hydrogen) atoms. The zero-order chi connectivity index (χ0) is 13.0. The van der Waals surface area contributed by atoms with Crippen LogP contribution >= 0.6 is 12.2 Å². The summed E-state index contributed by atoms with van der Waals surface area (Å²) in [7, 11) is 0. The molecule has 3 N–H and O–H groups in total. The predicted octanol–water partition coefficient (Wildman–Crippen LogP) is -0.772. The van der Waals surface area contributed by atoms with Gasteiger partial charge >= 0.3 is 0 Å². The molecule has 0 saturated carbocycles. The van der Waals surface area contributed by atoms with Gasteiger partial charge in [0.05, 0.1) is 0 Å². The quantitative estimate of drug-likeness (QED) is 0.628. The number of carbonyl (C=O) groups is 1. The first-order chi connectivity index (χ1) is 8.65. The van der Waals surface area contributed by atoms with Crippen LogP contribution in [0.2, 0.25) is 0 Å². The number of carbonyl (C=O) groups excluding carboxylic acids is 1. The lowest BCUT2D eigenvalue weighted by molar-refractivity contribution is -0.928. The highest BCUT2D eigenvalue weighted by molar-refractivity contribution is 7.80. The molecule has 1 unspecified atom stereocenters. The van der Waals surface area contributed by atoms with E-state index >= 15 is 0 Å². The van der Waals surface area contributed by atoms with Gasteiger partial charge < -0.3 is 5.32 Å². The fourth-order valence-corrected chi connectivity index (χ4v) is 2.11. The number of thiocarbonyl (C=S) groups is 1. The van der Waals surface area contributed by atoms with Crippen LogP contribution in [0, 0.1) is 0 Å². The second-order valence-electron chi connectivity index (χ2n) is 4.33. The number of nitrogens with zero attached hydrogens (tertiary/aromatic N) is 1. The Balaban J connectivity index is 1.95. The molecule has 1 atom stereocenters. The summed E-state index contributed by atoms with van der Waals surface area (Å²) in [6.45, 7) is 3.81. The van der Waals surface area contributed by atoms with Crippen LogP contribution in [-0.2, 0) is 11.3 Å². The van der Waals surface area contributed by atoms with Crippen molar-refractivity contribution in [1.29, 1.82) is 0 Å². The number of nitrogens with one attached hydrogen (secondary N) is 3. The predicted molar refractivity (Wildman–Crippen MR) is 72.2 cm³/mol. The molecular formula is C12H17N4OS+. The number of hydrogen-bond donors (Lipinski definition) is 3. The van der Waals surface area contributed by atoms with E-state index < -0.39 is 0 Å². The summed E-state index contributed by atoms with van der Waals surface area (Å²) in [4.78, 5) is 12.4. The van der Waals surface area contributed by atoms with Crippen LogP contribution in [0.4, 0.5) is 0 Å². The molecule has 6 heteroatoms. The fraction of sp³-hybridized carbons (Fsp3) is 0.333. The van der Waals surface area contributed by atoms with Gasteiger partial charge in [-0.05, 0) is 12.2 Å². The minimum Gasteiger partial charge on any atom is -0.314 e. The Labute approximate surface area is 112 Å².